The second kappa shape index (κ2) is 8.66. The molecule has 0 saturated carbocycles. The number of anilines is 2. The third-order valence-corrected chi connectivity index (χ3v) is 5.05. The zero-order chi connectivity index (χ0) is 19.2. The maximum atomic E-state index is 12.9. The number of pyridine rings is 1. The molecule has 1 aliphatic heterocycles. The summed E-state index contributed by atoms with van der Waals surface area (Å²) in [5.74, 6) is -0.147. The fraction of sp³-hybridized carbons (Fsp3) is 0.381. The van der Waals surface area contributed by atoms with Crippen LogP contribution in [-0.2, 0) is 17.6 Å². The minimum atomic E-state index is -0.147. The van der Waals surface area contributed by atoms with Gasteiger partial charge < -0.3 is 15.1 Å². The molecule has 0 spiro atoms. The number of carbonyl (C=O) groups excluding carboxylic acids is 2. The van der Waals surface area contributed by atoms with Gasteiger partial charge in [0.1, 0.15) is 0 Å². The standard InChI is InChI=1S/C21H26N4O2/c1-3-16-6-5-7-17(4-2)20(16)23-21(27)18-12-19(14-22-13-18)25-10-8-24(15-26)9-11-25/h5-7,12-15H,3-4,8-11H2,1-2H3,(H,23,27). The molecule has 0 aliphatic carbocycles. The second-order valence-electron chi connectivity index (χ2n) is 6.67. The highest BCUT2D eigenvalue weighted by molar-refractivity contribution is 6.05. The van der Waals surface area contributed by atoms with Crippen LogP contribution < -0.4 is 10.2 Å². The Morgan fingerprint density at radius 3 is 2.37 bits per heavy atom. The van der Waals surface area contributed by atoms with Crippen molar-refractivity contribution in [2.24, 2.45) is 0 Å². The minimum Gasteiger partial charge on any atom is -0.367 e. The SMILES string of the molecule is CCc1cccc(CC)c1NC(=O)c1cncc(N2CCN(C=O)CC2)c1. The van der Waals surface area contributed by atoms with Gasteiger partial charge in [-0.3, -0.25) is 14.6 Å². The summed E-state index contributed by atoms with van der Waals surface area (Å²) in [6.45, 7) is 7.03. The molecule has 3 rings (SSSR count). The van der Waals surface area contributed by atoms with Crippen molar-refractivity contribution in [2.75, 3.05) is 36.4 Å². The molecular weight excluding hydrogens is 340 g/mol. The summed E-state index contributed by atoms with van der Waals surface area (Å²) in [5, 5.41) is 3.09. The van der Waals surface area contributed by atoms with Crippen molar-refractivity contribution in [1.82, 2.24) is 9.88 Å². The fourth-order valence-corrected chi connectivity index (χ4v) is 3.40. The number of benzene rings is 1. The lowest BCUT2D eigenvalue weighted by Gasteiger charge is -2.34. The molecule has 1 aliphatic rings. The van der Waals surface area contributed by atoms with E-state index in [0.717, 1.165) is 54.8 Å². The molecule has 142 valence electrons. The van der Waals surface area contributed by atoms with Crippen molar-refractivity contribution < 1.29 is 9.59 Å². The fourth-order valence-electron chi connectivity index (χ4n) is 3.40. The number of carbonyl (C=O) groups is 2. The summed E-state index contributed by atoms with van der Waals surface area (Å²) in [6.07, 6.45) is 5.98. The van der Waals surface area contributed by atoms with Crippen LogP contribution in [0.2, 0.25) is 0 Å². The highest BCUT2D eigenvalue weighted by Crippen LogP contribution is 2.24. The van der Waals surface area contributed by atoms with Crippen LogP contribution in [0.5, 0.6) is 0 Å². The molecule has 27 heavy (non-hydrogen) atoms. The van der Waals surface area contributed by atoms with Gasteiger partial charge in [-0.15, -0.1) is 0 Å². The molecule has 6 heteroatoms. The van der Waals surface area contributed by atoms with Crippen molar-refractivity contribution in [3.8, 4) is 0 Å². The topological polar surface area (TPSA) is 65.5 Å². The first-order chi connectivity index (χ1) is 13.2. The van der Waals surface area contributed by atoms with Crippen LogP contribution in [0.1, 0.15) is 35.3 Å². The molecule has 0 bridgehead atoms. The van der Waals surface area contributed by atoms with Crippen molar-refractivity contribution in [3.63, 3.8) is 0 Å². The number of para-hydroxylation sites is 1. The van der Waals surface area contributed by atoms with Gasteiger partial charge in [0.2, 0.25) is 6.41 Å². The van der Waals surface area contributed by atoms with E-state index in [0.29, 0.717) is 18.7 Å². The molecule has 6 nitrogen and oxygen atoms in total. The molecular formula is C21H26N4O2. The van der Waals surface area contributed by atoms with E-state index in [4.69, 9.17) is 0 Å². The van der Waals surface area contributed by atoms with E-state index in [9.17, 15) is 9.59 Å². The van der Waals surface area contributed by atoms with Crippen LogP contribution in [0.15, 0.2) is 36.7 Å². The summed E-state index contributed by atoms with van der Waals surface area (Å²) in [6, 6.07) is 8.01. The number of piperazine rings is 1. The van der Waals surface area contributed by atoms with E-state index < -0.39 is 0 Å². The van der Waals surface area contributed by atoms with Crippen molar-refractivity contribution >= 4 is 23.7 Å². The van der Waals surface area contributed by atoms with Gasteiger partial charge in [-0.2, -0.15) is 0 Å². The summed E-state index contributed by atoms with van der Waals surface area (Å²) in [7, 11) is 0. The first-order valence-corrected chi connectivity index (χ1v) is 9.47. The quantitative estimate of drug-likeness (QED) is 0.799. The molecule has 0 atom stereocenters. The number of aryl methyl sites for hydroxylation is 2. The third-order valence-electron chi connectivity index (χ3n) is 5.05. The molecule has 1 aromatic carbocycles. The lowest BCUT2D eigenvalue weighted by atomic mass is 10.0. The average Bonchev–Trinajstić information content (AvgIpc) is 2.74. The molecule has 1 N–H and O–H groups in total. The van der Waals surface area contributed by atoms with Gasteiger partial charge in [0.05, 0.1) is 17.4 Å². The van der Waals surface area contributed by atoms with Crippen LogP contribution in [0.25, 0.3) is 0 Å². The Balaban J connectivity index is 1.78. The minimum absolute atomic E-state index is 0.147. The predicted octanol–water partition coefficient (Wildman–Crippen LogP) is 2.74. The highest BCUT2D eigenvalue weighted by atomic mass is 16.1. The normalized spacial score (nSPS) is 14.1. The molecule has 1 aromatic heterocycles. The van der Waals surface area contributed by atoms with Crippen LogP contribution in [0.3, 0.4) is 0 Å². The summed E-state index contributed by atoms with van der Waals surface area (Å²) in [5.41, 5.74) is 4.64. The van der Waals surface area contributed by atoms with Gasteiger partial charge in [-0.05, 0) is 30.0 Å². The van der Waals surface area contributed by atoms with E-state index in [1.54, 1.807) is 17.3 Å². The van der Waals surface area contributed by atoms with E-state index >= 15 is 0 Å². The van der Waals surface area contributed by atoms with Crippen LogP contribution >= 0.6 is 0 Å². The number of hydrogen-bond donors (Lipinski definition) is 1. The number of amides is 2. The molecule has 1 fully saturated rings. The van der Waals surface area contributed by atoms with Gasteiger partial charge >= 0.3 is 0 Å². The Bertz CT molecular complexity index is 791. The Hall–Kier alpha value is -2.89. The molecule has 2 heterocycles. The van der Waals surface area contributed by atoms with Crippen LogP contribution in [0, 0.1) is 0 Å². The van der Waals surface area contributed by atoms with E-state index in [2.05, 4.69) is 41.2 Å². The van der Waals surface area contributed by atoms with Crippen molar-refractivity contribution in [3.05, 3.63) is 53.3 Å². The van der Waals surface area contributed by atoms with E-state index in [-0.39, 0.29) is 5.91 Å². The summed E-state index contributed by atoms with van der Waals surface area (Å²) < 4.78 is 0. The highest BCUT2D eigenvalue weighted by Gasteiger charge is 2.18. The van der Waals surface area contributed by atoms with E-state index in [1.165, 1.54) is 0 Å². The van der Waals surface area contributed by atoms with Gasteiger partial charge in [0.15, 0.2) is 0 Å². The summed E-state index contributed by atoms with van der Waals surface area (Å²) in [4.78, 5) is 31.9. The average molecular weight is 366 g/mol. The molecule has 1 saturated heterocycles. The number of hydrogen-bond acceptors (Lipinski definition) is 4. The molecule has 2 aromatic rings. The van der Waals surface area contributed by atoms with Gasteiger partial charge in [-0.25, -0.2) is 0 Å². The number of nitrogens with one attached hydrogen (secondary N) is 1. The zero-order valence-corrected chi connectivity index (χ0v) is 15.9. The van der Waals surface area contributed by atoms with Gasteiger partial charge in [0.25, 0.3) is 5.91 Å². The number of aromatic nitrogens is 1. The first-order valence-electron chi connectivity index (χ1n) is 9.47. The predicted molar refractivity (Wildman–Crippen MR) is 107 cm³/mol. The van der Waals surface area contributed by atoms with Crippen LogP contribution in [-0.4, -0.2) is 48.4 Å². The maximum Gasteiger partial charge on any atom is 0.257 e. The second-order valence-corrected chi connectivity index (χ2v) is 6.67. The monoisotopic (exact) mass is 366 g/mol. The molecule has 0 radical (unpaired) electrons. The Morgan fingerprint density at radius 2 is 1.78 bits per heavy atom. The first kappa shape index (κ1) is 18.9. The maximum absolute atomic E-state index is 12.9. The lowest BCUT2D eigenvalue weighted by molar-refractivity contribution is -0.118. The number of rotatable bonds is 6. The van der Waals surface area contributed by atoms with Crippen molar-refractivity contribution in [2.45, 2.75) is 26.7 Å². The van der Waals surface area contributed by atoms with Crippen molar-refractivity contribution in [1.29, 1.82) is 0 Å². The largest absolute Gasteiger partial charge is 0.367 e. The third kappa shape index (κ3) is 4.27. The Kier molecular flexibility index (Phi) is 6.06. The lowest BCUT2D eigenvalue weighted by Crippen LogP contribution is -2.45. The zero-order valence-electron chi connectivity index (χ0n) is 15.9. The van der Waals surface area contributed by atoms with Gasteiger partial charge in [0, 0.05) is 38.1 Å². The Labute approximate surface area is 160 Å². The van der Waals surface area contributed by atoms with E-state index in [1.807, 2.05) is 12.1 Å². The Morgan fingerprint density at radius 1 is 1.11 bits per heavy atom. The van der Waals surface area contributed by atoms with Gasteiger partial charge in [-0.1, -0.05) is 32.0 Å². The smallest absolute Gasteiger partial charge is 0.257 e. The van der Waals surface area contributed by atoms with Crippen LogP contribution in [0.4, 0.5) is 11.4 Å². The summed E-state index contributed by atoms with van der Waals surface area (Å²) >= 11 is 0. The number of nitrogens with zero attached hydrogens (tertiary/aromatic N) is 3. The molecule has 2 amide bonds. The molecule has 0 unspecified atom stereocenters.